The molecule has 36 heavy (non-hydrogen) atoms. The first kappa shape index (κ1) is 22.1. The predicted molar refractivity (Wildman–Crippen MR) is 146 cm³/mol. The molecular weight excluding hydrogens is 444 g/mol. The number of phenols is 1. The van der Waals surface area contributed by atoms with Crippen molar-refractivity contribution in [3.8, 4) is 39.7 Å². The highest BCUT2D eigenvalue weighted by Crippen LogP contribution is 2.43. The second-order valence-electron chi connectivity index (χ2n) is 10.1. The smallest absolute Gasteiger partial charge is 0.258 e. The largest absolute Gasteiger partial charge is 0.507 e. The van der Waals surface area contributed by atoms with E-state index in [-0.39, 0.29) is 11.2 Å². The molecule has 6 rings (SSSR count). The molecule has 0 unspecified atom stereocenters. The van der Waals surface area contributed by atoms with Crippen molar-refractivity contribution in [3.63, 3.8) is 0 Å². The number of fused-ring (bicyclic) bond motifs is 2. The quantitative estimate of drug-likeness (QED) is 0.282. The van der Waals surface area contributed by atoms with E-state index >= 15 is 0 Å². The number of phenolic OH excluding ortho intramolecular Hbond substituents is 1. The summed E-state index contributed by atoms with van der Waals surface area (Å²) in [4.78, 5) is 4.74. The lowest BCUT2D eigenvalue weighted by Gasteiger charge is -2.22. The highest BCUT2D eigenvalue weighted by Gasteiger charge is 2.24. The van der Waals surface area contributed by atoms with Crippen LogP contribution >= 0.6 is 0 Å². The summed E-state index contributed by atoms with van der Waals surface area (Å²) in [6.45, 7) is 6.48. The summed E-state index contributed by atoms with van der Waals surface area (Å²) in [6.07, 6.45) is 0. The number of hydrogen-bond donors (Lipinski definition) is 1. The Bertz CT molecular complexity index is 1730. The molecule has 0 aliphatic carbocycles. The maximum atomic E-state index is 11.6. The van der Waals surface area contributed by atoms with Crippen LogP contribution in [0.15, 0.2) is 102 Å². The Labute approximate surface area is 209 Å². The van der Waals surface area contributed by atoms with Crippen LogP contribution < -0.4 is 0 Å². The molecular formula is C32H26N2O2. The third kappa shape index (κ3) is 3.72. The second kappa shape index (κ2) is 8.35. The van der Waals surface area contributed by atoms with Crippen LogP contribution in [0.5, 0.6) is 5.75 Å². The third-order valence-electron chi connectivity index (χ3n) is 6.74. The van der Waals surface area contributed by atoms with Crippen LogP contribution in [0.25, 0.3) is 55.5 Å². The van der Waals surface area contributed by atoms with Gasteiger partial charge in [-0.3, -0.25) is 0 Å². The number of benzene rings is 5. The normalized spacial score (nSPS) is 11.9. The Hall–Kier alpha value is -4.44. The van der Waals surface area contributed by atoms with Crippen molar-refractivity contribution in [2.24, 2.45) is 0 Å². The van der Waals surface area contributed by atoms with Crippen LogP contribution in [0, 0.1) is 0 Å². The second-order valence-corrected chi connectivity index (χ2v) is 10.1. The molecule has 1 N–H and O–H groups in total. The van der Waals surface area contributed by atoms with Gasteiger partial charge in [0.25, 0.3) is 5.89 Å². The van der Waals surface area contributed by atoms with E-state index in [2.05, 4.69) is 62.3 Å². The summed E-state index contributed by atoms with van der Waals surface area (Å²) in [5.74, 6) is 0.932. The van der Waals surface area contributed by atoms with Crippen LogP contribution in [0.1, 0.15) is 26.3 Å². The van der Waals surface area contributed by atoms with E-state index in [1.54, 1.807) is 0 Å². The number of aromatic nitrogens is 2. The van der Waals surface area contributed by atoms with Crippen LogP contribution in [0.3, 0.4) is 0 Å². The molecule has 176 valence electrons. The van der Waals surface area contributed by atoms with Crippen molar-refractivity contribution < 1.29 is 9.63 Å². The van der Waals surface area contributed by atoms with E-state index in [9.17, 15) is 5.11 Å². The van der Waals surface area contributed by atoms with Crippen molar-refractivity contribution in [1.82, 2.24) is 10.1 Å². The minimum absolute atomic E-state index is 0.143. The topological polar surface area (TPSA) is 59.2 Å². The Morgan fingerprint density at radius 2 is 1.19 bits per heavy atom. The molecule has 1 heterocycles. The zero-order valence-corrected chi connectivity index (χ0v) is 20.5. The fraction of sp³-hybridized carbons (Fsp3) is 0.125. The molecule has 1 aromatic heterocycles. The van der Waals surface area contributed by atoms with Gasteiger partial charge < -0.3 is 9.63 Å². The molecule has 0 spiro atoms. The van der Waals surface area contributed by atoms with Crippen molar-refractivity contribution in [3.05, 3.63) is 103 Å². The van der Waals surface area contributed by atoms with Gasteiger partial charge in [0.05, 0.1) is 5.56 Å². The maximum Gasteiger partial charge on any atom is 0.258 e. The van der Waals surface area contributed by atoms with Crippen molar-refractivity contribution >= 4 is 21.5 Å². The number of nitrogens with zero attached hydrogens (tertiary/aromatic N) is 2. The third-order valence-corrected chi connectivity index (χ3v) is 6.74. The van der Waals surface area contributed by atoms with Crippen LogP contribution in [-0.2, 0) is 5.41 Å². The molecule has 0 saturated carbocycles. The van der Waals surface area contributed by atoms with E-state index < -0.39 is 0 Å². The van der Waals surface area contributed by atoms with Crippen molar-refractivity contribution in [1.29, 1.82) is 0 Å². The van der Waals surface area contributed by atoms with E-state index in [1.807, 2.05) is 60.7 Å². The summed E-state index contributed by atoms with van der Waals surface area (Å²) < 4.78 is 5.74. The van der Waals surface area contributed by atoms with E-state index in [0.717, 1.165) is 43.8 Å². The van der Waals surface area contributed by atoms with Gasteiger partial charge in [0, 0.05) is 11.1 Å². The van der Waals surface area contributed by atoms with Gasteiger partial charge in [0.2, 0.25) is 5.82 Å². The van der Waals surface area contributed by atoms with E-state index in [4.69, 9.17) is 9.51 Å². The van der Waals surface area contributed by atoms with Gasteiger partial charge in [-0.15, -0.1) is 0 Å². The lowest BCUT2D eigenvalue weighted by atomic mass is 9.83. The first-order valence-electron chi connectivity index (χ1n) is 12.1. The molecule has 0 fully saturated rings. The number of aromatic hydroxyl groups is 1. The van der Waals surface area contributed by atoms with Gasteiger partial charge in [0.15, 0.2) is 0 Å². The van der Waals surface area contributed by atoms with Gasteiger partial charge in [0.1, 0.15) is 5.75 Å². The number of hydrogen-bond acceptors (Lipinski definition) is 4. The minimum Gasteiger partial charge on any atom is -0.507 e. The van der Waals surface area contributed by atoms with Crippen LogP contribution in [0.2, 0.25) is 0 Å². The average molecular weight is 471 g/mol. The molecule has 5 aromatic carbocycles. The lowest BCUT2D eigenvalue weighted by molar-refractivity contribution is 0.431. The Balaban J connectivity index is 1.56. The average Bonchev–Trinajstić information content (AvgIpc) is 3.37. The first-order chi connectivity index (χ1) is 17.4. The highest BCUT2D eigenvalue weighted by atomic mass is 16.5. The molecule has 0 aliphatic heterocycles. The molecule has 0 radical (unpaired) electrons. The summed E-state index contributed by atoms with van der Waals surface area (Å²) in [6, 6.07) is 32.6. The zero-order chi connectivity index (χ0) is 24.9. The molecule has 0 atom stereocenters. The van der Waals surface area contributed by atoms with Gasteiger partial charge in [-0.05, 0) is 56.3 Å². The Kier molecular flexibility index (Phi) is 5.11. The van der Waals surface area contributed by atoms with E-state index in [1.165, 1.54) is 0 Å². The van der Waals surface area contributed by atoms with Crippen LogP contribution in [0.4, 0.5) is 0 Å². The Morgan fingerprint density at radius 1 is 0.639 bits per heavy atom. The fourth-order valence-electron chi connectivity index (χ4n) is 4.76. The highest BCUT2D eigenvalue weighted by molar-refractivity contribution is 5.99. The molecule has 0 bridgehead atoms. The van der Waals surface area contributed by atoms with E-state index in [0.29, 0.717) is 17.3 Å². The SMILES string of the molecule is CC(C)(C)c1cc(-c2noc(-c3cccc4ccccc34)n2)c(O)c(-c2cccc3ccccc23)c1. The van der Waals surface area contributed by atoms with Crippen LogP contribution in [-0.4, -0.2) is 15.2 Å². The van der Waals surface area contributed by atoms with Crippen molar-refractivity contribution in [2.75, 3.05) is 0 Å². The summed E-state index contributed by atoms with van der Waals surface area (Å²) in [5, 5.41) is 20.2. The molecule has 6 aromatic rings. The number of rotatable bonds is 3. The summed E-state index contributed by atoms with van der Waals surface area (Å²) >= 11 is 0. The van der Waals surface area contributed by atoms with Gasteiger partial charge in [-0.25, -0.2) is 0 Å². The molecule has 0 amide bonds. The zero-order valence-electron chi connectivity index (χ0n) is 20.5. The monoisotopic (exact) mass is 470 g/mol. The molecule has 4 nitrogen and oxygen atoms in total. The van der Waals surface area contributed by atoms with Crippen molar-refractivity contribution in [2.45, 2.75) is 26.2 Å². The lowest BCUT2D eigenvalue weighted by Crippen LogP contribution is -2.11. The first-order valence-corrected chi connectivity index (χ1v) is 12.1. The molecule has 0 aliphatic rings. The fourth-order valence-corrected chi connectivity index (χ4v) is 4.76. The van der Waals surface area contributed by atoms with Gasteiger partial charge in [-0.1, -0.05) is 105 Å². The van der Waals surface area contributed by atoms with Gasteiger partial charge >= 0.3 is 0 Å². The van der Waals surface area contributed by atoms with Gasteiger partial charge in [-0.2, -0.15) is 4.98 Å². The molecule has 4 heteroatoms. The molecule has 0 saturated heterocycles. The standard InChI is InChI=1S/C32H26N2O2/c1-32(2,3)22-18-27(25-16-8-12-20-10-4-6-14-23(20)25)29(35)28(19-22)30-33-31(36-34-30)26-17-9-13-21-11-5-7-15-24(21)26/h4-19,35H,1-3H3. The predicted octanol–water partition coefficient (Wildman–Crippen LogP) is 8.38. The summed E-state index contributed by atoms with van der Waals surface area (Å²) in [7, 11) is 0. The summed E-state index contributed by atoms with van der Waals surface area (Å²) in [5.41, 5.74) is 4.08. The maximum absolute atomic E-state index is 11.6. The Morgan fingerprint density at radius 3 is 1.86 bits per heavy atom. The minimum atomic E-state index is -0.149.